The molecule has 25 heavy (non-hydrogen) atoms. The molecular formula is C15H20N4O6. The summed E-state index contributed by atoms with van der Waals surface area (Å²) in [5.41, 5.74) is 2.04. The number of carbonyl (C=O) groups is 1. The number of ether oxygens (including phenoxy) is 1. The fourth-order valence-electron chi connectivity index (χ4n) is 2.13. The van der Waals surface area contributed by atoms with E-state index in [0.29, 0.717) is 12.1 Å². The topological polar surface area (TPSA) is 137 Å². The van der Waals surface area contributed by atoms with Crippen LogP contribution in [0.3, 0.4) is 0 Å². The van der Waals surface area contributed by atoms with Gasteiger partial charge in [-0.15, -0.1) is 0 Å². The SMILES string of the molecule is CCC[C@@H](C(=O)OCC)C(C)=NNc1ccc([N+](=O)[O-])cc1[N+](=O)[O-]. The molecule has 0 saturated heterocycles. The Kier molecular flexibility index (Phi) is 7.44. The molecule has 0 fully saturated rings. The second-order valence-electron chi connectivity index (χ2n) is 5.17. The maximum Gasteiger partial charge on any atom is 0.314 e. The summed E-state index contributed by atoms with van der Waals surface area (Å²) in [5.74, 6) is -0.972. The van der Waals surface area contributed by atoms with Gasteiger partial charge in [0.25, 0.3) is 5.69 Å². The van der Waals surface area contributed by atoms with Crippen molar-refractivity contribution in [1.82, 2.24) is 0 Å². The number of nitrogens with zero attached hydrogens (tertiary/aromatic N) is 3. The second kappa shape index (κ2) is 9.30. The summed E-state index contributed by atoms with van der Waals surface area (Å²) in [6, 6.07) is 3.18. The van der Waals surface area contributed by atoms with Gasteiger partial charge in [-0.1, -0.05) is 13.3 Å². The van der Waals surface area contributed by atoms with E-state index >= 15 is 0 Å². The van der Waals surface area contributed by atoms with Gasteiger partial charge in [-0.2, -0.15) is 5.10 Å². The number of hydrogen-bond donors (Lipinski definition) is 1. The fraction of sp³-hybridized carbons (Fsp3) is 0.467. The maximum absolute atomic E-state index is 12.0. The Balaban J connectivity index is 3.07. The van der Waals surface area contributed by atoms with Crippen LogP contribution in [0.2, 0.25) is 0 Å². The first-order valence-electron chi connectivity index (χ1n) is 7.71. The summed E-state index contributed by atoms with van der Waals surface area (Å²) in [4.78, 5) is 32.3. The van der Waals surface area contributed by atoms with E-state index in [0.717, 1.165) is 18.6 Å². The molecule has 10 heteroatoms. The number of anilines is 1. The molecule has 0 aliphatic rings. The lowest BCUT2D eigenvalue weighted by Gasteiger charge is -2.14. The minimum atomic E-state index is -0.741. The van der Waals surface area contributed by atoms with Gasteiger partial charge >= 0.3 is 11.7 Å². The third kappa shape index (κ3) is 5.52. The summed E-state index contributed by atoms with van der Waals surface area (Å²) in [6.07, 6.45) is 1.26. The van der Waals surface area contributed by atoms with Crippen LogP contribution in [-0.4, -0.2) is 28.1 Å². The van der Waals surface area contributed by atoms with Crippen molar-refractivity contribution in [3.63, 3.8) is 0 Å². The van der Waals surface area contributed by atoms with Crippen LogP contribution in [0, 0.1) is 26.1 Å². The van der Waals surface area contributed by atoms with Gasteiger partial charge in [0, 0.05) is 11.8 Å². The lowest BCUT2D eigenvalue weighted by molar-refractivity contribution is -0.393. The van der Waals surface area contributed by atoms with Crippen molar-refractivity contribution in [3.8, 4) is 0 Å². The molecule has 1 N–H and O–H groups in total. The summed E-state index contributed by atoms with van der Waals surface area (Å²) in [6.45, 7) is 5.47. The summed E-state index contributed by atoms with van der Waals surface area (Å²) < 4.78 is 5.00. The van der Waals surface area contributed by atoms with Crippen LogP contribution >= 0.6 is 0 Å². The third-order valence-electron chi connectivity index (χ3n) is 3.39. The molecular weight excluding hydrogens is 332 g/mol. The molecule has 0 bridgehead atoms. The maximum atomic E-state index is 12.0. The predicted octanol–water partition coefficient (Wildman–Crippen LogP) is 3.27. The Morgan fingerprint density at radius 1 is 1.28 bits per heavy atom. The molecule has 136 valence electrons. The lowest BCUT2D eigenvalue weighted by atomic mass is 9.99. The number of esters is 1. The van der Waals surface area contributed by atoms with Gasteiger partial charge in [-0.3, -0.25) is 30.4 Å². The van der Waals surface area contributed by atoms with Gasteiger partial charge in [0.1, 0.15) is 5.69 Å². The summed E-state index contributed by atoms with van der Waals surface area (Å²) in [5, 5.41) is 25.9. The molecule has 0 aliphatic heterocycles. The minimum Gasteiger partial charge on any atom is -0.465 e. The van der Waals surface area contributed by atoms with Crippen LogP contribution in [0.25, 0.3) is 0 Å². The van der Waals surface area contributed by atoms with Crippen molar-refractivity contribution in [2.45, 2.75) is 33.6 Å². The van der Waals surface area contributed by atoms with E-state index in [4.69, 9.17) is 4.74 Å². The summed E-state index contributed by atoms with van der Waals surface area (Å²) in [7, 11) is 0. The Morgan fingerprint density at radius 3 is 2.48 bits per heavy atom. The molecule has 1 atom stereocenters. The van der Waals surface area contributed by atoms with E-state index in [1.807, 2.05) is 6.92 Å². The average Bonchev–Trinajstić information content (AvgIpc) is 2.57. The van der Waals surface area contributed by atoms with Crippen LogP contribution in [0.15, 0.2) is 23.3 Å². The van der Waals surface area contributed by atoms with Crippen molar-refractivity contribution in [1.29, 1.82) is 0 Å². The molecule has 0 saturated carbocycles. The number of benzene rings is 1. The first-order chi connectivity index (χ1) is 11.8. The van der Waals surface area contributed by atoms with Gasteiger partial charge in [0.15, 0.2) is 0 Å². The van der Waals surface area contributed by atoms with E-state index in [-0.39, 0.29) is 12.3 Å². The lowest BCUT2D eigenvalue weighted by Crippen LogP contribution is -2.25. The Labute approximate surface area is 144 Å². The normalized spacial score (nSPS) is 12.4. The van der Waals surface area contributed by atoms with Gasteiger partial charge in [0.2, 0.25) is 0 Å². The number of hydrogen-bond acceptors (Lipinski definition) is 8. The van der Waals surface area contributed by atoms with Gasteiger partial charge in [-0.25, -0.2) is 0 Å². The highest BCUT2D eigenvalue weighted by Crippen LogP contribution is 2.29. The van der Waals surface area contributed by atoms with Crippen molar-refractivity contribution in [2.24, 2.45) is 11.0 Å². The molecule has 10 nitrogen and oxygen atoms in total. The average molecular weight is 352 g/mol. The second-order valence-corrected chi connectivity index (χ2v) is 5.17. The highest BCUT2D eigenvalue weighted by atomic mass is 16.6. The zero-order valence-corrected chi connectivity index (χ0v) is 14.2. The van der Waals surface area contributed by atoms with Gasteiger partial charge in [0.05, 0.1) is 28.4 Å². The van der Waals surface area contributed by atoms with Crippen LogP contribution in [0.1, 0.15) is 33.6 Å². The molecule has 1 rings (SSSR count). The number of non-ortho nitro benzene ring substituents is 1. The monoisotopic (exact) mass is 352 g/mol. The van der Waals surface area contributed by atoms with Crippen LogP contribution in [-0.2, 0) is 9.53 Å². The smallest absolute Gasteiger partial charge is 0.314 e. The van der Waals surface area contributed by atoms with E-state index in [2.05, 4.69) is 10.5 Å². The number of rotatable bonds is 9. The van der Waals surface area contributed by atoms with E-state index in [1.165, 1.54) is 6.07 Å². The Bertz CT molecular complexity index is 689. The van der Waals surface area contributed by atoms with Crippen LogP contribution < -0.4 is 5.43 Å². The molecule has 1 aromatic rings. The molecule has 0 spiro atoms. The Morgan fingerprint density at radius 2 is 1.96 bits per heavy atom. The number of carbonyl (C=O) groups excluding carboxylic acids is 1. The molecule has 0 heterocycles. The molecule has 0 amide bonds. The number of nitro benzene ring substituents is 2. The highest BCUT2D eigenvalue weighted by molar-refractivity contribution is 6.01. The Hall–Kier alpha value is -3.04. The van der Waals surface area contributed by atoms with Crippen molar-refractivity contribution < 1.29 is 19.4 Å². The molecule has 0 unspecified atom stereocenters. The molecule has 1 aromatic carbocycles. The first kappa shape index (κ1) is 20.0. The quantitative estimate of drug-likeness (QED) is 0.311. The number of nitrogens with one attached hydrogen (secondary N) is 1. The fourth-order valence-corrected chi connectivity index (χ4v) is 2.13. The first-order valence-corrected chi connectivity index (χ1v) is 7.71. The highest BCUT2D eigenvalue weighted by Gasteiger charge is 2.23. The largest absolute Gasteiger partial charge is 0.465 e. The minimum absolute atomic E-state index is 0.00550. The molecule has 0 radical (unpaired) electrons. The van der Waals surface area contributed by atoms with Crippen LogP contribution in [0.4, 0.5) is 17.1 Å². The van der Waals surface area contributed by atoms with E-state index in [1.54, 1.807) is 13.8 Å². The van der Waals surface area contributed by atoms with Crippen molar-refractivity contribution in [2.75, 3.05) is 12.0 Å². The van der Waals surface area contributed by atoms with Crippen molar-refractivity contribution in [3.05, 3.63) is 38.4 Å². The molecule has 0 aliphatic carbocycles. The van der Waals surface area contributed by atoms with E-state index in [9.17, 15) is 25.0 Å². The van der Waals surface area contributed by atoms with Gasteiger partial charge < -0.3 is 4.74 Å². The standard InChI is InChI=1S/C15H20N4O6/c1-4-6-12(15(20)25-5-2)10(3)16-17-13-8-7-11(18(21)22)9-14(13)19(23)24/h7-9,12,17H,4-6H2,1-3H3/t12-/m1/s1. The zero-order valence-electron chi connectivity index (χ0n) is 14.2. The van der Waals surface area contributed by atoms with Crippen LogP contribution in [0.5, 0.6) is 0 Å². The molecule has 0 aromatic heterocycles. The zero-order chi connectivity index (χ0) is 19.0. The number of nitro groups is 2. The van der Waals surface area contributed by atoms with Crippen molar-refractivity contribution >= 4 is 28.7 Å². The van der Waals surface area contributed by atoms with E-state index < -0.39 is 33.1 Å². The summed E-state index contributed by atoms with van der Waals surface area (Å²) >= 11 is 0. The predicted molar refractivity (Wildman–Crippen MR) is 91.5 cm³/mol. The third-order valence-corrected chi connectivity index (χ3v) is 3.39. The van der Waals surface area contributed by atoms with Gasteiger partial charge in [-0.05, 0) is 26.3 Å². The number of hydrazone groups is 1.